The fourth-order valence-corrected chi connectivity index (χ4v) is 2.71. The molecule has 21 heavy (non-hydrogen) atoms. The van der Waals surface area contributed by atoms with Crippen LogP contribution >= 0.6 is 15.9 Å². The van der Waals surface area contributed by atoms with Crippen LogP contribution in [-0.4, -0.2) is 39.4 Å². The van der Waals surface area contributed by atoms with Gasteiger partial charge < -0.3 is 15.7 Å². The molecule has 1 rings (SSSR count). The summed E-state index contributed by atoms with van der Waals surface area (Å²) in [6, 6.07) is 3.84. The van der Waals surface area contributed by atoms with Crippen LogP contribution in [0.1, 0.15) is 23.7 Å². The molecule has 2 unspecified atom stereocenters. The number of carbonyl (C=O) groups excluding carboxylic acids is 1. The summed E-state index contributed by atoms with van der Waals surface area (Å²) in [7, 11) is -0.885. The molecule has 8 heteroatoms. The second-order valence-corrected chi connectivity index (χ2v) is 6.97. The number of carboxylic acid groups (broad SMARTS) is 1. The summed E-state index contributed by atoms with van der Waals surface area (Å²) in [4.78, 5) is 22.6. The molecule has 1 aromatic carbocycles. The lowest BCUT2D eigenvalue weighted by Crippen LogP contribution is -2.36. The molecular weight excluding hydrogens is 360 g/mol. The fraction of sp³-hybridized carbons (Fsp3) is 0.385. The quantitative estimate of drug-likeness (QED) is 0.710. The largest absolute Gasteiger partial charge is 0.478 e. The Balaban J connectivity index is 2.58. The van der Waals surface area contributed by atoms with Crippen LogP contribution in [0.5, 0.6) is 0 Å². The van der Waals surface area contributed by atoms with E-state index in [9.17, 15) is 13.8 Å². The number of rotatable bonds is 6. The zero-order valence-electron chi connectivity index (χ0n) is 11.7. The van der Waals surface area contributed by atoms with Gasteiger partial charge in [0, 0.05) is 33.3 Å². The first-order valence-electron chi connectivity index (χ1n) is 6.20. The zero-order valence-corrected chi connectivity index (χ0v) is 14.1. The maximum Gasteiger partial charge on any atom is 0.335 e. The highest BCUT2D eigenvalue weighted by Gasteiger charge is 2.11. The standard InChI is InChI=1S/C13H17BrN2O4S/c1-8(5-6-21(2)20)15-13(19)16-11-4-3-9(12(17)18)7-10(11)14/h3-4,7-8H,5-6H2,1-2H3,(H,17,18)(H2,15,16,19). The fourth-order valence-electron chi connectivity index (χ4n) is 1.55. The number of hydrogen-bond acceptors (Lipinski definition) is 3. The van der Waals surface area contributed by atoms with E-state index in [1.807, 2.05) is 6.92 Å². The third-order valence-electron chi connectivity index (χ3n) is 2.68. The smallest absolute Gasteiger partial charge is 0.335 e. The summed E-state index contributed by atoms with van der Waals surface area (Å²) in [5.41, 5.74) is 0.607. The van der Waals surface area contributed by atoms with Gasteiger partial charge in [-0.1, -0.05) is 0 Å². The van der Waals surface area contributed by atoms with Gasteiger partial charge in [0.05, 0.1) is 11.3 Å². The molecule has 0 radical (unpaired) electrons. The molecule has 0 fully saturated rings. The molecule has 2 amide bonds. The SMILES string of the molecule is CC(CCS(C)=O)NC(=O)Nc1ccc(C(=O)O)cc1Br. The number of amides is 2. The molecule has 0 bridgehead atoms. The highest BCUT2D eigenvalue weighted by atomic mass is 79.9. The monoisotopic (exact) mass is 376 g/mol. The van der Waals surface area contributed by atoms with Gasteiger partial charge in [-0.3, -0.25) is 4.21 Å². The first-order valence-corrected chi connectivity index (χ1v) is 8.72. The molecule has 2 atom stereocenters. The Hall–Kier alpha value is -1.41. The highest BCUT2D eigenvalue weighted by Crippen LogP contribution is 2.23. The Morgan fingerprint density at radius 1 is 1.43 bits per heavy atom. The van der Waals surface area contributed by atoms with E-state index in [4.69, 9.17) is 5.11 Å². The van der Waals surface area contributed by atoms with E-state index in [1.165, 1.54) is 18.2 Å². The molecule has 0 heterocycles. The average molecular weight is 377 g/mol. The zero-order chi connectivity index (χ0) is 16.0. The van der Waals surface area contributed by atoms with E-state index in [0.29, 0.717) is 22.3 Å². The number of benzene rings is 1. The molecule has 3 N–H and O–H groups in total. The summed E-state index contributed by atoms with van der Waals surface area (Å²) in [5, 5.41) is 14.2. The minimum absolute atomic E-state index is 0.106. The van der Waals surface area contributed by atoms with E-state index < -0.39 is 22.8 Å². The van der Waals surface area contributed by atoms with Crippen molar-refractivity contribution >= 4 is 44.4 Å². The van der Waals surface area contributed by atoms with Gasteiger partial charge in [-0.25, -0.2) is 9.59 Å². The van der Waals surface area contributed by atoms with Gasteiger partial charge in [-0.2, -0.15) is 0 Å². The van der Waals surface area contributed by atoms with Gasteiger partial charge in [0.25, 0.3) is 0 Å². The average Bonchev–Trinajstić information content (AvgIpc) is 2.38. The number of hydrogen-bond donors (Lipinski definition) is 3. The number of carbonyl (C=O) groups is 2. The Morgan fingerprint density at radius 3 is 2.62 bits per heavy atom. The van der Waals surface area contributed by atoms with E-state index >= 15 is 0 Å². The summed E-state index contributed by atoms with van der Waals surface area (Å²) >= 11 is 3.21. The van der Waals surface area contributed by atoms with E-state index in [0.717, 1.165) is 0 Å². The molecule has 1 aromatic rings. The van der Waals surface area contributed by atoms with E-state index in [-0.39, 0.29) is 11.6 Å². The van der Waals surface area contributed by atoms with Crippen molar-refractivity contribution in [1.82, 2.24) is 5.32 Å². The van der Waals surface area contributed by atoms with Gasteiger partial charge in [-0.15, -0.1) is 0 Å². The van der Waals surface area contributed by atoms with Gasteiger partial charge in [0.1, 0.15) is 0 Å². The first kappa shape index (κ1) is 17.6. The van der Waals surface area contributed by atoms with Crippen molar-refractivity contribution in [3.8, 4) is 0 Å². The molecule has 0 spiro atoms. The first-order chi connectivity index (χ1) is 9.79. The highest BCUT2D eigenvalue weighted by molar-refractivity contribution is 9.10. The Bertz CT molecular complexity index is 565. The van der Waals surface area contributed by atoms with Crippen LogP contribution < -0.4 is 10.6 Å². The second kappa shape index (κ2) is 8.14. The summed E-state index contributed by atoms with van der Waals surface area (Å²) < 4.78 is 11.5. The van der Waals surface area contributed by atoms with Crippen molar-refractivity contribution in [2.24, 2.45) is 0 Å². The molecule has 0 aliphatic rings. The van der Waals surface area contributed by atoms with Crippen molar-refractivity contribution in [2.45, 2.75) is 19.4 Å². The number of urea groups is 1. The normalized spacial score (nSPS) is 13.3. The minimum Gasteiger partial charge on any atom is -0.478 e. The molecule has 0 aliphatic carbocycles. The lowest BCUT2D eigenvalue weighted by molar-refractivity contribution is 0.0697. The Kier molecular flexibility index (Phi) is 6.83. The molecule has 0 saturated heterocycles. The predicted molar refractivity (Wildman–Crippen MR) is 86.3 cm³/mol. The molecule has 0 saturated carbocycles. The van der Waals surface area contributed by atoms with Crippen LogP contribution in [0.4, 0.5) is 10.5 Å². The van der Waals surface area contributed by atoms with Crippen LogP contribution in [0, 0.1) is 0 Å². The van der Waals surface area contributed by atoms with Crippen molar-refractivity contribution in [3.05, 3.63) is 28.2 Å². The third-order valence-corrected chi connectivity index (χ3v) is 4.15. The van der Waals surface area contributed by atoms with Crippen LogP contribution in [0.15, 0.2) is 22.7 Å². The number of aromatic carboxylic acids is 1. The molecule has 0 aromatic heterocycles. The lowest BCUT2D eigenvalue weighted by atomic mass is 10.2. The molecular formula is C13H17BrN2O4S. The van der Waals surface area contributed by atoms with Crippen LogP contribution in [0.2, 0.25) is 0 Å². The van der Waals surface area contributed by atoms with Gasteiger partial charge >= 0.3 is 12.0 Å². The van der Waals surface area contributed by atoms with Gasteiger partial charge in [0.2, 0.25) is 0 Å². The maximum atomic E-state index is 11.8. The number of anilines is 1. The lowest BCUT2D eigenvalue weighted by Gasteiger charge is -2.14. The topological polar surface area (TPSA) is 95.5 Å². The predicted octanol–water partition coefficient (Wildman–Crippen LogP) is 2.43. The van der Waals surface area contributed by atoms with Crippen molar-refractivity contribution in [2.75, 3.05) is 17.3 Å². The van der Waals surface area contributed by atoms with Crippen LogP contribution in [0.3, 0.4) is 0 Å². The molecule has 0 aliphatic heterocycles. The number of halogens is 1. The van der Waals surface area contributed by atoms with E-state index in [1.54, 1.807) is 6.26 Å². The molecule has 116 valence electrons. The summed E-state index contributed by atoms with van der Waals surface area (Å²) in [6.45, 7) is 1.83. The van der Waals surface area contributed by atoms with E-state index in [2.05, 4.69) is 26.6 Å². The Labute approximate surface area is 133 Å². The second-order valence-electron chi connectivity index (χ2n) is 4.57. The van der Waals surface area contributed by atoms with Crippen molar-refractivity contribution < 1.29 is 18.9 Å². The minimum atomic E-state index is -1.03. The third kappa shape index (κ3) is 6.26. The van der Waals surface area contributed by atoms with Crippen molar-refractivity contribution in [1.29, 1.82) is 0 Å². The molecule has 6 nitrogen and oxygen atoms in total. The number of nitrogens with one attached hydrogen (secondary N) is 2. The summed E-state index contributed by atoms with van der Waals surface area (Å²) in [6.07, 6.45) is 2.24. The Morgan fingerprint density at radius 2 is 2.10 bits per heavy atom. The van der Waals surface area contributed by atoms with Gasteiger partial charge in [-0.05, 0) is 47.5 Å². The van der Waals surface area contributed by atoms with Crippen LogP contribution in [0.25, 0.3) is 0 Å². The van der Waals surface area contributed by atoms with Crippen molar-refractivity contribution in [3.63, 3.8) is 0 Å². The van der Waals surface area contributed by atoms with Gasteiger partial charge in [0.15, 0.2) is 0 Å². The maximum absolute atomic E-state index is 11.8. The van der Waals surface area contributed by atoms with Crippen LogP contribution in [-0.2, 0) is 10.8 Å². The summed E-state index contributed by atoms with van der Waals surface area (Å²) in [5.74, 6) is -0.508. The number of carboxylic acids is 1.